The number of nitrogens with one attached hydrogen (secondary N) is 1. The summed E-state index contributed by atoms with van der Waals surface area (Å²) in [5.74, 6) is 0. The molecule has 0 aliphatic carbocycles. The van der Waals surface area contributed by atoms with Gasteiger partial charge in [0.15, 0.2) is 11.3 Å². The number of hydrogen-bond acceptors (Lipinski definition) is 5. The van der Waals surface area contributed by atoms with E-state index < -0.39 is 0 Å². The Morgan fingerprint density at radius 2 is 1.59 bits per heavy atom. The van der Waals surface area contributed by atoms with Crippen LogP contribution in [0.4, 0.5) is 0 Å². The summed E-state index contributed by atoms with van der Waals surface area (Å²) in [4.78, 5) is 31.7. The normalized spacial score (nSPS) is 14.8. The molecule has 0 atom stereocenters. The molecule has 5 heterocycles. The molecule has 7 heteroatoms. The molecule has 192 valence electrons. The van der Waals surface area contributed by atoms with Crippen LogP contribution >= 0.6 is 0 Å². The van der Waals surface area contributed by atoms with Gasteiger partial charge in [-0.15, -0.1) is 0 Å². The van der Waals surface area contributed by atoms with Crippen molar-refractivity contribution < 1.29 is 0 Å². The number of fused-ring (bicyclic) bond motifs is 2. The summed E-state index contributed by atoms with van der Waals surface area (Å²) in [6.45, 7) is 2.78. The van der Waals surface area contributed by atoms with Crippen molar-refractivity contribution in [3.05, 3.63) is 113 Å². The Morgan fingerprint density at radius 3 is 2.41 bits per heavy atom. The maximum absolute atomic E-state index is 12.6. The summed E-state index contributed by atoms with van der Waals surface area (Å²) in [5, 5.41) is 1.03. The van der Waals surface area contributed by atoms with Crippen LogP contribution in [0.2, 0.25) is 0 Å². The maximum Gasteiger partial charge on any atom is 0.327 e. The minimum absolute atomic E-state index is 0.0647. The zero-order chi connectivity index (χ0) is 26.2. The summed E-state index contributed by atoms with van der Waals surface area (Å²) in [6, 6.07) is 29.4. The van der Waals surface area contributed by atoms with Crippen molar-refractivity contribution in [3.63, 3.8) is 0 Å². The van der Waals surface area contributed by atoms with Gasteiger partial charge >= 0.3 is 5.69 Å². The molecule has 7 rings (SSSR count). The highest BCUT2D eigenvalue weighted by molar-refractivity contribution is 5.90. The van der Waals surface area contributed by atoms with E-state index in [1.54, 1.807) is 12.4 Å². The standard InChI is InChI=1S/C32H28N6O/c39-32-36-31-28(9-5-17-34-31)38(32)26-14-18-37(19-15-26)21-22-10-12-24(13-11-22)29-27(23-6-2-1-3-7-23)20-25-8-4-16-33-30(25)35-29/h1-13,16-17,20,26H,14-15,18-19,21H2,(H,34,36,39). The molecule has 6 aromatic rings. The van der Waals surface area contributed by atoms with Gasteiger partial charge in [-0.2, -0.15) is 0 Å². The molecule has 1 saturated heterocycles. The van der Waals surface area contributed by atoms with Crippen LogP contribution in [0.15, 0.2) is 102 Å². The lowest BCUT2D eigenvalue weighted by molar-refractivity contribution is 0.180. The predicted molar refractivity (Wildman–Crippen MR) is 154 cm³/mol. The molecule has 2 aromatic carbocycles. The highest BCUT2D eigenvalue weighted by atomic mass is 16.1. The summed E-state index contributed by atoms with van der Waals surface area (Å²) < 4.78 is 1.89. The van der Waals surface area contributed by atoms with Gasteiger partial charge in [-0.3, -0.25) is 14.5 Å². The predicted octanol–water partition coefficient (Wildman–Crippen LogP) is 5.84. The number of aromatic nitrogens is 5. The molecule has 4 aromatic heterocycles. The quantitative estimate of drug-likeness (QED) is 0.314. The fourth-order valence-corrected chi connectivity index (χ4v) is 5.75. The third-order valence-corrected chi connectivity index (χ3v) is 7.72. The van der Waals surface area contributed by atoms with Crippen LogP contribution in [-0.4, -0.2) is 42.5 Å². The molecular weight excluding hydrogens is 484 g/mol. The Morgan fingerprint density at radius 1 is 0.821 bits per heavy atom. The summed E-state index contributed by atoms with van der Waals surface area (Å²) in [5.41, 5.74) is 7.78. The highest BCUT2D eigenvalue weighted by Gasteiger charge is 2.24. The lowest BCUT2D eigenvalue weighted by atomic mass is 9.97. The Hall–Kier alpha value is -4.62. The number of rotatable bonds is 5. The minimum atomic E-state index is -0.0647. The fraction of sp³-hybridized carbons (Fsp3) is 0.188. The SMILES string of the molecule is O=c1[nH]c2ncccc2n1C1CCN(Cc2ccc(-c3nc4ncccc4cc3-c3ccccc3)cc2)CC1. The van der Waals surface area contributed by atoms with Gasteiger partial charge in [0.25, 0.3) is 0 Å². The van der Waals surface area contributed by atoms with Crippen molar-refractivity contribution in [2.45, 2.75) is 25.4 Å². The largest absolute Gasteiger partial charge is 0.327 e. The van der Waals surface area contributed by atoms with Gasteiger partial charge < -0.3 is 0 Å². The number of benzene rings is 2. The summed E-state index contributed by atoms with van der Waals surface area (Å²) in [7, 11) is 0. The van der Waals surface area contributed by atoms with E-state index in [2.05, 4.69) is 80.5 Å². The number of aromatic amines is 1. The first-order valence-electron chi connectivity index (χ1n) is 13.4. The number of nitrogens with zero attached hydrogens (tertiary/aromatic N) is 5. The monoisotopic (exact) mass is 512 g/mol. The average molecular weight is 513 g/mol. The van der Waals surface area contributed by atoms with E-state index in [0.29, 0.717) is 5.65 Å². The van der Waals surface area contributed by atoms with Gasteiger partial charge in [0, 0.05) is 54.6 Å². The van der Waals surface area contributed by atoms with Gasteiger partial charge in [0.2, 0.25) is 0 Å². The molecule has 1 fully saturated rings. The molecule has 0 unspecified atom stereocenters. The Bertz CT molecular complexity index is 1820. The molecule has 1 aliphatic rings. The fourth-order valence-electron chi connectivity index (χ4n) is 5.75. The number of imidazole rings is 1. The van der Waals surface area contributed by atoms with Crippen LogP contribution in [0.3, 0.4) is 0 Å². The number of likely N-dealkylation sites (tertiary alicyclic amines) is 1. The van der Waals surface area contributed by atoms with Gasteiger partial charge in [0.05, 0.1) is 11.2 Å². The zero-order valence-electron chi connectivity index (χ0n) is 21.5. The lowest BCUT2D eigenvalue weighted by Gasteiger charge is -2.32. The average Bonchev–Trinajstić information content (AvgIpc) is 3.33. The van der Waals surface area contributed by atoms with Gasteiger partial charge in [-0.25, -0.2) is 19.7 Å². The van der Waals surface area contributed by atoms with E-state index in [1.807, 2.05) is 28.8 Å². The van der Waals surface area contributed by atoms with Crippen molar-refractivity contribution in [1.82, 2.24) is 29.4 Å². The molecule has 0 bridgehead atoms. The van der Waals surface area contributed by atoms with E-state index in [0.717, 1.165) is 71.4 Å². The first-order chi connectivity index (χ1) is 19.2. The first-order valence-corrected chi connectivity index (χ1v) is 13.4. The topological polar surface area (TPSA) is 79.7 Å². The summed E-state index contributed by atoms with van der Waals surface area (Å²) >= 11 is 0. The Balaban J connectivity index is 1.10. The molecule has 1 N–H and O–H groups in total. The number of H-pyrrole nitrogens is 1. The van der Waals surface area contributed by atoms with Crippen LogP contribution in [0.25, 0.3) is 44.6 Å². The van der Waals surface area contributed by atoms with Crippen molar-refractivity contribution in [2.24, 2.45) is 0 Å². The Kier molecular flexibility index (Phi) is 5.98. The third-order valence-electron chi connectivity index (χ3n) is 7.72. The molecule has 39 heavy (non-hydrogen) atoms. The first kappa shape index (κ1) is 23.5. The molecule has 0 amide bonds. The maximum atomic E-state index is 12.6. The number of pyridine rings is 3. The Labute approximate surface area is 225 Å². The molecule has 0 radical (unpaired) electrons. The van der Waals surface area contributed by atoms with E-state index in [4.69, 9.17) is 4.98 Å². The van der Waals surface area contributed by atoms with Crippen LogP contribution in [-0.2, 0) is 6.54 Å². The minimum Gasteiger partial charge on any atom is -0.299 e. The van der Waals surface area contributed by atoms with Crippen LogP contribution in [0, 0.1) is 0 Å². The van der Waals surface area contributed by atoms with Crippen molar-refractivity contribution in [3.8, 4) is 22.4 Å². The molecule has 0 spiro atoms. The molecule has 0 saturated carbocycles. The second kappa shape index (κ2) is 9.93. The molecule has 1 aliphatic heterocycles. The van der Waals surface area contributed by atoms with Crippen molar-refractivity contribution >= 4 is 22.2 Å². The molecular formula is C32H28N6O. The van der Waals surface area contributed by atoms with Gasteiger partial charge in [0.1, 0.15) is 0 Å². The van der Waals surface area contributed by atoms with E-state index >= 15 is 0 Å². The van der Waals surface area contributed by atoms with Gasteiger partial charge in [-0.1, -0.05) is 54.6 Å². The van der Waals surface area contributed by atoms with E-state index in [9.17, 15) is 4.79 Å². The third kappa shape index (κ3) is 4.51. The second-order valence-corrected chi connectivity index (χ2v) is 10.2. The van der Waals surface area contributed by atoms with Crippen molar-refractivity contribution in [1.29, 1.82) is 0 Å². The number of piperidine rings is 1. The molecule has 7 nitrogen and oxygen atoms in total. The zero-order valence-corrected chi connectivity index (χ0v) is 21.5. The van der Waals surface area contributed by atoms with Crippen LogP contribution in [0.1, 0.15) is 24.4 Å². The van der Waals surface area contributed by atoms with Crippen LogP contribution in [0.5, 0.6) is 0 Å². The number of hydrogen-bond donors (Lipinski definition) is 1. The van der Waals surface area contributed by atoms with Gasteiger partial charge in [-0.05, 0) is 54.3 Å². The summed E-state index contributed by atoms with van der Waals surface area (Å²) in [6.07, 6.45) is 5.38. The van der Waals surface area contributed by atoms with E-state index in [-0.39, 0.29) is 11.7 Å². The second-order valence-electron chi connectivity index (χ2n) is 10.2. The lowest BCUT2D eigenvalue weighted by Crippen LogP contribution is -2.36. The van der Waals surface area contributed by atoms with Crippen molar-refractivity contribution in [2.75, 3.05) is 13.1 Å². The van der Waals surface area contributed by atoms with Crippen LogP contribution < -0.4 is 5.69 Å². The van der Waals surface area contributed by atoms with E-state index in [1.165, 1.54) is 5.56 Å². The smallest absolute Gasteiger partial charge is 0.299 e. The highest BCUT2D eigenvalue weighted by Crippen LogP contribution is 2.33.